The third kappa shape index (κ3) is 4.94. The topological polar surface area (TPSA) is 23.8 Å². The first-order chi connectivity index (χ1) is 12.3. The van der Waals surface area contributed by atoms with Crippen molar-refractivity contribution in [2.45, 2.75) is 63.7 Å². The second-order valence-electron chi connectivity index (χ2n) is 7.93. The van der Waals surface area contributed by atoms with E-state index in [2.05, 4.69) is 24.3 Å². The predicted molar refractivity (Wildman–Crippen MR) is 101 cm³/mol. The van der Waals surface area contributed by atoms with Gasteiger partial charge >= 0.3 is 0 Å². The number of hydrogen-bond acceptors (Lipinski definition) is 1. The van der Waals surface area contributed by atoms with Crippen molar-refractivity contribution in [3.8, 4) is 6.07 Å². The number of alkyl halides is 1. The van der Waals surface area contributed by atoms with Crippen molar-refractivity contribution < 1.29 is 4.39 Å². The Morgan fingerprint density at radius 2 is 1.52 bits per heavy atom. The van der Waals surface area contributed by atoms with Crippen LogP contribution < -0.4 is 0 Å². The zero-order valence-electron chi connectivity index (χ0n) is 15.2. The number of hydrogen-bond donors (Lipinski definition) is 0. The van der Waals surface area contributed by atoms with Gasteiger partial charge in [0.2, 0.25) is 0 Å². The van der Waals surface area contributed by atoms with Crippen molar-refractivity contribution in [3.63, 3.8) is 0 Å². The average Bonchev–Trinajstić information content (AvgIpc) is 2.69. The molecule has 25 heavy (non-hydrogen) atoms. The van der Waals surface area contributed by atoms with Gasteiger partial charge in [-0.05, 0) is 99.2 Å². The summed E-state index contributed by atoms with van der Waals surface area (Å²) < 4.78 is 12.2. The zero-order valence-corrected chi connectivity index (χ0v) is 15.2. The zero-order chi connectivity index (χ0) is 17.5. The van der Waals surface area contributed by atoms with Gasteiger partial charge in [0.15, 0.2) is 0 Å². The summed E-state index contributed by atoms with van der Waals surface area (Å²) >= 11 is 0. The number of rotatable bonds is 5. The summed E-state index contributed by atoms with van der Waals surface area (Å²) in [4.78, 5) is 0. The Kier molecular flexibility index (Phi) is 6.68. The van der Waals surface area contributed by atoms with E-state index in [4.69, 9.17) is 5.26 Å². The lowest BCUT2D eigenvalue weighted by molar-refractivity contribution is 0.171. The molecule has 0 atom stereocenters. The van der Waals surface area contributed by atoms with E-state index in [9.17, 15) is 4.39 Å². The normalized spacial score (nSPS) is 30.2. The van der Waals surface area contributed by atoms with Crippen LogP contribution in [0.4, 0.5) is 4.39 Å². The minimum Gasteiger partial charge on any atom is -0.251 e. The van der Waals surface area contributed by atoms with Gasteiger partial charge in [-0.1, -0.05) is 24.3 Å². The van der Waals surface area contributed by atoms with Crippen molar-refractivity contribution in [2.75, 3.05) is 6.67 Å². The van der Waals surface area contributed by atoms with Crippen LogP contribution in [-0.2, 0) is 0 Å². The van der Waals surface area contributed by atoms with Gasteiger partial charge in [-0.3, -0.25) is 4.39 Å². The molecule has 0 N–H and O–H groups in total. The Balaban J connectivity index is 1.44. The Morgan fingerprint density at radius 1 is 0.920 bits per heavy atom. The van der Waals surface area contributed by atoms with E-state index in [1.165, 1.54) is 56.9 Å². The van der Waals surface area contributed by atoms with Crippen LogP contribution in [0, 0.1) is 29.1 Å². The second-order valence-corrected chi connectivity index (χ2v) is 7.93. The number of benzene rings is 1. The fourth-order valence-electron chi connectivity index (χ4n) is 4.91. The summed E-state index contributed by atoms with van der Waals surface area (Å²) in [5.41, 5.74) is 2.17. The van der Waals surface area contributed by atoms with Crippen LogP contribution in [0.3, 0.4) is 0 Å². The van der Waals surface area contributed by atoms with Gasteiger partial charge in [0, 0.05) is 0 Å². The van der Waals surface area contributed by atoms with Gasteiger partial charge in [-0.25, -0.2) is 0 Å². The lowest BCUT2D eigenvalue weighted by Gasteiger charge is -2.37. The van der Waals surface area contributed by atoms with Gasteiger partial charge in [-0.15, -0.1) is 0 Å². The standard InChI is InChI=1S/C23H30FN/c24-16-2-1-3-18-4-8-20(9-5-18)22-12-14-23(15-13-22)21-10-6-19(17-25)7-11-21/h1,3,6-7,10-11,18,20,22-23H,2,4-5,8-9,12-16H2. The number of allylic oxidation sites excluding steroid dienone is 2. The maximum absolute atomic E-state index is 12.2. The van der Waals surface area contributed by atoms with E-state index in [0.717, 1.165) is 17.4 Å². The molecule has 0 radical (unpaired) electrons. The van der Waals surface area contributed by atoms with Crippen molar-refractivity contribution in [1.82, 2.24) is 0 Å². The number of nitrogens with zero attached hydrogens (tertiary/aromatic N) is 1. The Labute approximate surface area is 151 Å². The highest BCUT2D eigenvalue weighted by atomic mass is 19.1. The second kappa shape index (κ2) is 9.18. The Morgan fingerprint density at radius 3 is 2.08 bits per heavy atom. The third-order valence-electron chi connectivity index (χ3n) is 6.45. The quantitative estimate of drug-likeness (QED) is 0.558. The van der Waals surface area contributed by atoms with Crippen LogP contribution in [0.25, 0.3) is 0 Å². The molecule has 134 valence electrons. The molecule has 0 spiro atoms. The van der Waals surface area contributed by atoms with Crippen LogP contribution in [0.1, 0.15) is 74.8 Å². The first kappa shape index (κ1) is 18.2. The minimum absolute atomic E-state index is 0.228. The van der Waals surface area contributed by atoms with Crippen LogP contribution >= 0.6 is 0 Å². The van der Waals surface area contributed by atoms with E-state index >= 15 is 0 Å². The van der Waals surface area contributed by atoms with Crippen LogP contribution in [0.15, 0.2) is 36.4 Å². The summed E-state index contributed by atoms with van der Waals surface area (Å²) in [5.74, 6) is 3.19. The molecule has 1 nitrogen and oxygen atoms in total. The molecule has 0 saturated heterocycles. The number of halogens is 1. The molecule has 0 heterocycles. The van der Waals surface area contributed by atoms with Gasteiger partial charge in [0.1, 0.15) is 0 Å². The van der Waals surface area contributed by atoms with Crippen molar-refractivity contribution >= 4 is 0 Å². The fourth-order valence-corrected chi connectivity index (χ4v) is 4.91. The highest BCUT2D eigenvalue weighted by Gasteiger charge is 2.30. The minimum atomic E-state index is -0.228. The van der Waals surface area contributed by atoms with Crippen molar-refractivity contribution in [1.29, 1.82) is 5.26 Å². The van der Waals surface area contributed by atoms with Crippen LogP contribution in [-0.4, -0.2) is 6.67 Å². The summed E-state index contributed by atoms with van der Waals surface area (Å²) in [6, 6.07) is 10.4. The van der Waals surface area contributed by atoms with E-state index < -0.39 is 0 Å². The molecule has 3 rings (SSSR count). The summed E-state index contributed by atoms with van der Waals surface area (Å²) in [5, 5.41) is 8.93. The van der Waals surface area contributed by atoms with E-state index in [-0.39, 0.29) is 6.67 Å². The lowest BCUT2D eigenvalue weighted by Crippen LogP contribution is -2.25. The third-order valence-corrected chi connectivity index (χ3v) is 6.45. The van der Waals surface area contributed by atoms with Crippen molar-refractivity contribution in [3.05, 3.63) is 47.5 Å². The first-order valence-electron chi connectivity index (χ1n) is 10.0. The van der Waals surface area contributed by atoms with Gasteiger partial charge in [0.05, 0.1) is 18.3 Å². The molecule has 2 aliphatic carbocycles. The number of nitriles is 1. The molecule has 2 heteroatoms. The van der Waals surface area contributed by atoms with E-state index in [1.807, 2.05) is 18.2 Å². The highest BCUT2D eigenvalue weighted by Crippen LogP contribution is 2.44. The molecule has 0 bridgehead atoms. The van der Waals surface area contributed by atoms with Crippen molar-refractivity contribution in [2.24, 2.45) is 17.8 Å². The van der Waals surface area contributed by atoms with Gasteiger partial charge < -0.3 is 0 Å². The van der Waals surface area contributed by atoms with E-state index in [0.29, 0.717) is 18.3 Å². The molecular formula is C23H30FN. The Hall–Kier alpha value is -1.62. The summed E-state index contributed by atoms with van der Waals surface area (Å²) in [6.45, 7) is -0.228. The molecule has 0 aliphatic heterocycles. The van der Waals surface area contributed by atoms with Gasteiger partial charge in [-0.2, -0.15) is 5.26 Å². The highest BCUT2D eigenvalue weighted by molar-refractivity contribution is 5.33. The molecule has 0 unspecified atom stereocenters. The molecule has 2 saturated carbocycles. The predicted octanol–water partition coefficient (Wildman–Crippen LogP) is 6.55. The Bertz CT molecular complexity index is 582. The molecular weight excluding hydrogens is 309 g/mol. The largest absolute Gasteiger partial charge is 0.251 e. The fraction of sp³-hybridized carbons (Fsp3) is 0.609. The molecule has 0 aromatic heterocycles. The van der Waals surface area contributed by atoms with Crippen LogP contribution in [0.2, 0.25) is 0 Å². The molecule has 1 aromatic rings. The lowest BCUT2D eigenvalue weighted by atomic mass is 9.68. The van der Waals surface area contributed by atoms with E-state index in [1.54, 1.807) is 0 Å². The first-order valence-corrected chi connectivity index (χ1v) is 10.0. The monoisotopic (exact) mass is 339 g/mol. The molecule has 1 aromatic carbocycles. The van der Waals surface area contributed by atoms with Gasteiger partial charge in [0.25, 0.3) is 0 Å². The summed E-state index contributed by atoms with van der Waals surface area (Å²) in [6.07, 6.45) is 15.5. The molecule has 2 fully saturated rings. The van der Waals surface area contributed by atoms with Crippen LogP contribution in [0.5, 0.6) is 0 Å². The molecule has 0 amide bonds. The maximum Gasteiger partial charge on any atom is 0.0991 e. The maximum atomic E-state index is 12.2. The summed E-state index contributed by atoms with van der Waals surface area (Å²) in [7, 11) is 0. The smallest absolute Gasteiger partial charge is 0.0991 e. The average molecular weight is 339 g/mol. The molecule has 2 aliphatic rings. The SMILES string of the molecule is N#Cc1ccc(C2CCC(C3CCC(C=CCCF)CC3)CC2)cc1.